The van der Waals surface area contributed by atoms with Crippen LogP contribution >= 0.6 is 0 Å². The van der Waals surface area contributed by atoms with E-state index in [0.29, 0.717) is 26.2 Å². The molecule has 3 aliphatic rings. The first-order valence-electron chi connectivity index (χ1n) is 11.7. The average Bonchev–Trinajstić information content (AvgIpc) is 3.17. The van der Waals surface area contributed by atoms with Crippen LogP contribution < -0.4 is 10.2 Å². The molecule has 174 valence electrons. The Balaban J connectivity index is 1.11. The Morgan fingerprint density at radius 3 is 2.39 bits per heavy atom. The second-order valence-electron chi connectivity index (χ2n) is 9.19. The third kappa shape index (κ3) is 4.84. The summed E-state index contributed by atoms with van der Waals surface area (Å²) >= 11 is 0. The number of anilines is 1. The molecule has 4 heterocycles. The summed E-state index contributed by atoms with van der Waals surface area (Å²) < 4.78 is 0. The number of carbonyl (C=O) groups excluding carboxylic acids is 2. The summed E-state index contributed by atoms with van der Waals surface area (Å²) in [6.45, 7) is 6.38. The van der Waals surface area contributed by atoms with Gasteiger partial charge in [-0.2, -0.15) is 0 Å². The van der Waals surface area contributed by atoms with Gasteiger partial charge in [-0.15, -0.1) is 0 Å². The minimum absolute atomic E-state index is 0.128. The van der Waals surface area contributed by atoms with E-state index >= 15 is 0 Å². The lowest BCUT2D eigenvalue weighted by atomic mass is 9.87. The van der Waals surface area contributed by atoms with E-state index in [1.807, 2.05) is 24.3 Å². The zero-order valence-corrected chi connectivity index (χ0v) is 18.9. The summed E-state index contributed by atoms with van der Waals surface area (Å²) in [5.41, 5.74) is 0.546. The quantitative estimate of drug-likeness (QED) is 0.700. The van der Waals surface area contributed by atoms with E-state index in [2.05, 4.69) is 42.1 Å². The van der Waals surface area contributed by atoms with E-state index in [9.17, 15) is 9.59 Å². The summed E-state index contributed by atoms with van der Waals surface area (Å²) in [5.74, 6) is 0.878. The lowest BCUT2D eigenvalue weighted by molar-refractivity contribution is -0.129. The smallest absolute Gasteiger partial charge is 0.319 e. The van der Waals surface area contributed by atoms with Gasteiger partial charge in [0, 0.05) is 51.7 Å². The number of piperazine rings is 1. The largest absolute Gasteiger partial charge is 0.338 e. The SMILES string of the molecule is O=C1NC2(CCN(CCc3ccccc3)CC2=O)CN1CN1CCN(c2ncccn2)CC1. The molecule has 3 aliphatic heterocycles. The molecule has 3 fully saturated rings. The summed E-state index contributed by atoms with van der Waals surface area (Å²) in [6.07, 6.45) is 5.11. The maximum Gasteiger partial charge on any atom is 0.319 e. The van der Waals surface area contributed by atoms with Gasteiger partial charge in [0.05, 0.1) is 19.8 Å². The molecule has 5 rings (SSSR count). The first-order valence-corrected chi connectivity index (χ1v) is 11.7. The van der Waals surface area contributed by atoms with Crippen molar-refractivity contribution in [2.75, 3.05) is 63.9 Å². The molecule has 1 N–H and O–H groups in total. The van der Waals surface area contributed by atoms with Crippen molar-refractivity contribution < 1.29 is 9.59 Å². The summed E-state index contributed by atoms with van der Waals surface area (Å²) in [5, 5.41) is 3.04. The van der Waals surface area contributed by atoms with Gasteiger partial charge in [-0.05, 0) is 24.5 Å². The molecule has 33 heavy (non-hydrogen) atoms. The Hall–Kier alpha value is -3.04. The second kappa shape index (κ2) is 9.44. The van der Waals surface area contributed by atoms with Gasteiger partial charge in [-0.3, -0.25) is 14.6 Å². The molecule has 9 heteroatoms. The summed E-state index contributed by atoms with van der Waals surface area (Å²) in [6, 6.07) is 12.0. The number of benzene rings is 1. The van der Waals surface area contributed by atoms with Crippen LogP contribution in [0.4, 0.5) is 10.7 Å². The van der Waals surface area contributed by atoms with Gasteiger partial charge < -0.3 is 15.1 Å². The fourth-order valence-electron chi connectivity index (χ4n) is 4.96. The van der Waals surface area contributed by atoms with E-state index in [0.717, 1.165) is 51.6 Å². The third-order valence-corrected chi connectivity index (χ3v) is 6.99. The van der Waals surface area contributed by atoms with Crippen molar-refractivity contribution in [2.24, 2.45) is 0 Å². The zero-order chi connectivity index (χ0) is 22.7. The van der Waals surface area contributed by atoms with Gasteiger partial charge in [0.15, 0.2) is 5.78 Å². The van der Waals surface area contributed by atoms with Gasteiger partial charge in [-0.25, -0.2) is 14.8 Å². The molecule has 2 amide bonds. The third-order valence-electron chi connectivity index (χ3n) is 6.99. The van der Waals surface area contributed by atoms with E-state index in [4.69, 9.17) is 0 Å². The van der Waals surface area contributed by atoms with Crippen LogP contribution in [0.5, 0.6) is 0 Å². The number of likely N-dealkylation sites (tertiary alicyclic amines) is 1. The fraction of sp³-hybridized carbons (Fsp3) is 0.500. The number of nitrogens with zero attached hydrogens (tertiary/aromatic N) is 6. The van der Waals surface area contributed by atoms with Crippen LogP contribution in [-0.2, 0) is 11.2 Å². The maximum atomic E-state index is 13.1. The molecule has 0 aliphatic carbocycles. The minimum Gasteiger partial charge on any atom is -0.338 e. The second-order valence-corrected chi connectivity index (χ2v) is 9.19. The predicted octanol–water partition coefficient (Wildman–Crippen LogP) is 0.838. The maximum absolute atomic E-state index is 13.1. The monoisotopic (exact) mass is 449 g/mol. The molecule has 3 saturated heterocycles. The molecule has 1 aromatic carbocycles. The van der Waals surface area contributed by atoms with Crippen molar-refractivity contribution in [2.45, 2.75) is 18.4 Å². The molecule has 1 spiro atoms. The molecular formula is C24H31N7O2. The fourth-order valence-corrected chi connectivity index (χ4v) is 4.96. The molecule has 0 radical (unpaired) electrons. The normalized spacial score (nSPS) is 24.5. The highest BCUT2D eigenvalue weighted by molar-refractivity contribution is 5.97. The first-order chi connectivity index (χ1) is 16.1. The van der Waals surface area contributed by atoms with Crippen LogP contribution in [0.3, 0.4) is 0 Å². The van der Waals surface area contributed by atoms with E-state index in [-0.39, 0.29) is 11.8 Å². The molecule has 1 atom stereocenters. The van der Waals surface area contributed by atoms with Gasteiger partial charge in [-0.1, -0.05) is 30.3 Å². The Labute approximate surface area is 194 Å². The summed E-state index contributed by atoms with van der Waals surface area (Å²) in [7, 11) is 0. The number of nitrogens with one attached hydrogen (secondary N) is 1. The van der Waals surface area contributed by atoms with Crippen LogP contribution in [0.2, 0.25) is 0 Å². The number of urea groups is 1. The number of Topliss-reactive ketones (excluding diaryl/α,β-unsaturated/α-hetero) is 1. The lowest BCUT2D eigenvalue weighted by Gasteiger charge is -2.38. The van der Waals surface area contributed by atoms with E-state index in [1.54, 1.807) is 17.3 Å². The Bertz CT molecular complexity index is 965. The van der Waals surface area contributed by atoms with Gasteiger partial charge >= 0.3 is 6.03 Å². The molecule has 1 aromatic heterocycles. The number of ketones is 1. The lowest BCUT2D eigenvalue weighted by Crippen LogP contribution is -2.60. The van der Waals surface area contributed by atoms with Crippen LogP contribution in [0.25, 0.3) is 0 Å². The molecule has 1 unspecified atom stereocenters. The van der Waals surface area contributed by atoms with Crippen LogP contribution in [0, 0.1) is 0 Å². The first kappa shape index (κ1) is 21.8. The molecule has 9 nitrogen and oxygen atoms in total. The molecule has 0 saturated carbocycles. The van der Waals surface area contributed by atoms with Crippen molar-refractivity contribution in [3.8, 4) is 0 Å². The van der Waals surface area contributed by atoms with Crippen molar-refractivity contribution in [3.63, 3.8) is 0 Å². The Morgan fingerprint density at radius 2 is 1.67 bits per heavy atom. The van der Waals surface area contributed by atoms with Crippen molar-refractivity contribution in [1.82, 2.24) is 30.0 Å². The van der Waals surface area contributed by atoms with Crippen LogP contribution in [0.15, 0.2) is 48.8 Å². The number of aromatic nitrogens is 2. The minimum atomic E-state index is -0.736. The number of carbonyl (C=O) groups is 2. The average molecular weight is 450 g/mol. The van der Waals surface area contributed by atoms with Crippen molar-refractivity contribution in [1.29, 1.82) is 0 Å². The van der Waals surface area contributed by atoms with Gasteiger partial charge in [0.2, 0.25) is 5.95 Å². The highest BCUT2D eigenvalue weighted by atomic mass is 16.2. The van der Waals surface area contributed by atoms with Gasteiger partial charge in [0.25, 0.3) is 0 Å². The standard InChI is InChI=1S/C24H31N7O2/c32-21-17-28(11-7-20-5-2-1-3-6-20)12-8-24(21)18-31(23(33)27-24)19-29-13-15-30(16-14-29)22-25-9-4-10-26-22/h1-6,9-10H,7-8,11-19H2,(H,27,33). The number of hydrogen-bond acceptors (Lipinski definition) is 7. The van der Waals surface area contributed by atoms with Crippen molar-refractivity contribution >= 4 is 17.8 Å². The predicted molar refractivity (Wildman–Crippen MR) is 125 cm³/mol. The number of piperidine rings is 1. The number of rotatable bonds is 6. The summed E-state index contributed by atoms with van der Waals surface area (Å²) in [4.78, 5) is 42.9. The zero-order valence-electron chi connectivity index (χ0n) is 18.9. The van der Waals surface area contributed by atoms with Gasteiger partial charge in [0.1, 0.15) is 5.54 Å². The molecule has 2 aromatic rings. The Morgan fingerprint density at radius 1 is 0.909 bits per heavy atom. The Kier molecular flexibility index (Phi) is 6.24. The van der Waals surface area contributed by atoms with E-state index < -0.39 is 5.54 Å². The molecular weight excluding hydrogens is 418 g/mol. The molecule has 0 bridgehead atoms. The van der Waals surface area contributed by atoms with E-state index in [1.165, 1.54) is 5.56 Å². The highest BCUT2D eigenvalue weighted by Crippen LogP contribution is 2.26. The number of amides is 2. The highest BCUT2D eigenvalue weighted by Gasteiger charge is 2.50. The van der Waals surface area contributed by atoms with Crippen molar-refractivity contribution in [3.05, 3.63) is 54.4 Å². The van der Waals surface area contributed by atoms with Crippen LogP contribution in [0.1, 0.15) is 12.0 Å². The number of hydrogen-bond donors (Lipinski definition) is 1. The topological polar surface area (TPSA) is 84.9 Å². The van der Waals surface area contributed by atoms with Crippen LogP contribution in [-0.4, -0.2) is 101 Å².